The van der Waals surface area contributed by atoms with Crippen LogP contribution in [0.4, 0.5) is 0 Å². The van der Waals surface area contributed by atoms with E-state index in [9.17, 15) is 23.1 Å². The number of benzene rings is 3. The van der Waals surface area contributed by atoms with Crippen LogP contribution in [0.15, 0.2) is 42.6 Å². The molecule has 43 heavy (non-hydrogen) atoms. The molecule has 7 rings (SSSR count). The number of carbonyl (C=O) groups is 2. The molecule has 11 nitrogen and oxygen atoms in total. The molecule has 1 atom stereocenters. The molecule has 4 heterocycles. The van der Waals surface area contributed by atoms with Crippen molar-refractivity contribution in [2.75, 3.05) is 33.1 Å². The zero-order valence-electron chi connectivity index (χ0n) is 24.3. The minimum Gasteiger partial charge on any atom is -0.497 e. The summed E-state index contributed by atoms with van der Waals surface area (Å²) >= 11 is 0. The van der Waals surface area contributed by atoms with Gasteiger partial charge in [0.1, 0.15) is 5.75 Å². The van der Waals surface area contributed by atoms with Crippen LogP contribution >= 0.6 is 0 Å². The highest BCUT2D eigenvalue weighted by Crippen LogP contribution is 2.44. The summed E-state index contributed by atoms with van der Waals surface area (Å²) < 4.78 is 35.8. The highest BCUT2D eigenvalue weighted by atomic mass is 32.2. The number of hydrogen-bond donors (Lipinski definition) is 3. The second-order valence-corrected chi connectivity index (χ2v) is 12.7. The lowest BCUT2D eigenvalue weighted by molar-refractivity contribution is 0.0880. The number of fused-ring (bicyclic) bond motifs is 10. The fourth-order valence-corrected chi connectivity index (χ4v) is 6.82. The number of hydrogen-bond acceptors (Lipinski definition) is 7. The van der Waals surface area contributed by atoms with Crippen LogP contribution in [0, 0.1) is 0 Å². The van der Waals surface area contributed by atoms with Crippen molar-refractivity contribution in [3.05, 3.63) is 53.7 Å². The average Bonchev–Trinajstić information content (AvgIpc) is 3.72. The Hall–Kier alpha value is -3.97. The summed E-state index contributed by atoms with van der Waals surface area (Å²) in [5.74, 6) is 0.0534. The number of methoxy groups -OCH3 is 1. The van der Waals surface area contributed by atoms with Gasteiger partial charge in [0, 0.05) is 65.4 Å². The Kier molecular flexibility index (Phi) is 7.41. The molecule has 0 spiro atoms. The number of rotatable bonds is 6. The summed E-state index contributed by atoms with van der Waals surface area (Å²) in [5.41, 5.74) is 3.81. The second-order valence-electron chi connectivity index (χ2n) is 11.2. The smallest absolute Gasteiger partial charge is 0.261 e. The van der Waals surface area contributed by atoms with Crippen molar-refractivity contribution in [3.63, 3.8) is 0 Å². The fraction of sp³-hybridized carbons (Fsp3) is 0.355. The van der Waals surface area contributed by atoms with Gasteiger partial charge in [-0.25, -0.2) is 0 Å². The van der Waals surface area contributed by atoms with Gasteiger partial charge in [0.25, 0.3) is 21.9 Å². The Morgan fingerprint density at radius 3 is 2.35 bits per heavy atom. The number of carbonyl (C=O) groups excluding carboxylic acids is 2. The number of aromatic nitrogens is 2. The van der Waals surface area contributed by atoms with Crippen LogP contribution in [-0.4, -0.2) is 83.0 Å². The summed E-state index contributed by atoms with van der Waals surface area (Å²) in [6.45, 7) is 2.83. The molecule has 12 heteroatoms. The molecule has 0 bridgehead atoms. The van der Waals surface area contributed by atoms with E-state index in [1.54, 1.807) is 7.11 Å². The number of likely N-dealkylation sites (tertiary alicyclic amines) is 1. The molecule has 5 aromatic rings. The third-order valence-electron chi connectivity index (χ3n) is 8.53. The minimum absolute atomic E-state index is 0.194. The standard InChI is InChI=1S/C30H30N4O4.CH4O3S/c1-32-14-10-17-6-8-21-24(27(17)32)26-25(29(36)31-30(26)37)23-20-9-7-19(38-2)15-22(20)34(28(21)23)13-4-12-33-11-3-5-18(33)16-35;1-5(2,3)4/h6-10,14-15,18,35H,3-5,11-13,16H2,1-2H3,(H,31,36,37);1H3,(H,2,3,4)/t18-;/m0./s1. The van der Waals surface area contributed by atoms with Crippen molar-refractivity contribution in [1.29, 1.82) is 0 Å². The van der Waals surface area contributed by atoms with E-state index in [-0.39, 0.29) is 24.5 Å². The zero-order chi connectivity index (χ0) is 30.6. The predicted molar refractivity (Wildman–Crippen MR) is 166 cm³/mol. The Balaban J connectivity index is 0.000000611. The van der Waals surface area contributed by atoms with Gasteiger partial charge in [-0.05, 0) is 44.0 Å². The lowest BCUT2D eigenvalue weighted by Crippen LogP contribution is -2.33. The molecular formula is C31H34N4O7S. The van der Waals surface area contributed by atoms with Gasteiger partial charge in [-0.2, -0.15) is 8.42 Å². The van der Waals surface area contributed by atoms with Gasteiger partial charge < -0.3 is 19.0 Å². The van der Waals surface area contributed by atoms with Crippen molar-refractivity contribution >= 4 is 65.4 Å². The molecule has 1 fully saturated rings. The van der Waals surface area contributed by atoms with Crippen LogP contribution in [0.25, 0.3) is 43.5 Å². The Morgan fingerprint density at radius 2 is 1.67 bits per heavy atom. The summed E-state index contributed by atoms with van der Waals surface area (Å²) in [6.07, 6.45) is 5.75. The van der Waals surface area contributed by atoms with Crippen LogP contribution in [0.3, 0.4) is 0 Å². The van der Waals surface area contributed by atoms with E-state index in [1.165, 1.54) is 0 Å². The number of imide groups is 1. The first kappa shape index (κ1) is 29.1. The maximum atomic E-state index is 13.3. The van der Waals surface area contributed by atoms with E-state index in [4.69, 9.17) is 9.29 Å². The maximum absolute atomic E-state index is 13.3. The molecular weight excluding hydrogens is 572 g/mol. The van der Waals surface area contributed by atoms with E-state index < -0.39 is 10.1 Å². The van der Waals surface area contributed by atoms with Gasteiger partial charge in [0.05, 0.1) is 47.6 Å². The highest BCUT2D eigenvalue weighted by molar-refractivity contribution is 7.85. The van der Waals surface area contributed by atoms with E-state index in [1.807, 2.05) is 42.1 Å². The molecule has 3 N–H and O–H groups in total. The SMILES string of the molecule is COc1ccc2c3c4c(c5c(ccc6ccn(C)c65)c3n(CCCN3CCC[C@H]3CO)c2c1)C(=O)NC4=O.CS(=O)(=O)O. The number of aliphatic hydroxyl groups excluding tert-OH is 1. The molecule has 2 amide bonds. The largest absolute Gasteiger partial charge is 0.497 e. The van der Waals surface area contributed by atoms with Crippen LogP contribution in [-0.2, 0) is 23.7 Å². The van der Waals surface area contributed by atoms with E-state index in [0.717, 1.165) is 88.1 Å². The van der Waals surface area contributed by atoms with Gasteiger partial charge in [0.2, 0.25) is 0 Å². The number of aliphatic hydroxyl groups is 1. The molecule has 0 radical (unpaired) electrons. The van der Waals surface area contributed by atoms with Crippen molar-refractivity contribution in [2.45, 2.75) is 31.8 Å². The summed E-state index contributed by atoms with van der Waals surface area (Å²) in [7, 11) is -0.0387. The number of nitrogens with zero attached hydrogens (tertiary/aromatic N) is 3. The van der Waals surface area contributed by atoms with Gasteiger partial charge in [-0.3, -0.25) is 24.4 Å². The molecule has 0 saturated carbocycles. The number of ether oxygens (including phenoxy) is 1. The Morgan fingerprint density at radius 1 is 1.00 bits per heavy atom. The summed E-state index contributed by atoms with van der Waals surface area (Å²) in [4.78, 5) is 28.9. The molecule has 0 unspecified atom stereocenters. The molecule has 0 aliphatic carbocycles. The van der Waals surface area contributed by atoms with E-state index in [2.05, 4.69) is 26.9 Å². The van der Waals surface area contributed by atoms with Gasteiger partial charge in [0.15, 0.2) is 0 Å². The normalized spacial score (nSPS) is 17.2. The zero-order valence-corrected chi connectivity index (χ0v) is 25.1. The van der Waals surface area contributed by atoms with Crippen molar-refractivity contribution in [1.82, 2.24) is 19.4 Å². The number of aryl methyl sites for hydroxylation is 2. The first-order valence-corrected chi connectivity index (χ1v) is 16.0. The number of amides is 2. The van der Waals surface area contributed by atoms with Crippen LogP contribution in [0.5, 0.6) is 5.75 Å². The molecule has 1 saturated heterocycles. The van der Waals surface area contributed by atoms with Crippen molar-refractivity contribution in [2.24, 2.45) is 7.05 Å². The maximum Gasteiger partial charge on any atom is 0.261 e. The van der Waals surface area contributed by atoms with E-state index >= 15 is 0 Å². The number of nitrogens with one attached hydrogen (secondary N) is 1. The van der Waals surface area contributed by atoms with Crippen LogP contribution in [0.2, 0.25) is 0 Å². The molecule has 2 aliphatic heterocycles. The van der Waals surface area contributed by atoms with Crippen LogP contribution in [0.1, 0.15) is 40.0 Å². The molecule has 2 aromatic heterocycles. The molecule has 226 valence electrons. The van der Waals surface area contributed by atoms with Crippen LogP contribution < -0.4 is 10.1 Å². The van der Waals surface area contributed by atoms with E-state index in [0.29, 0.717) is 17.4 Å². The lowest BCUT2D eigenvalue weighted by Gasteiger charge is -2.23. The minimum atomic E-state index is -3.67. The van der Waals surface area contributed by atoms with Gasteiger partial charge >= 0.3 is 0 Å². The first-order valence-electron chi connectivity index (χ1n) is 14.2. The Labute approximate surface area is 248 Å². The van der Waals surface area contributed by atoms with Gasteiger partial charge in [-0.15, -0.1) is 0 Å². The quantitative estimate of drug-likeness (QED) is 0.196. The first-order chi connectivity index (χ1) is 20.5. The highest BCUT2D eigenvalue weighted by Gasteiger charge is 2.35. The Bertz CT molecular complexity index is 2040. The molecule has 2 aliphatic rings. The van der Waals surface area contributed by atoms with Crippen molar-refractivity contribution < 1.29 is 32.4 Å². The average molecular weight is 607 g/mol. The fourth-order valence-electron chi connectivity index (χ4n) is 6.82. The third kappa shape index (κ3) is 5.03. The lowest BCUT2D eigenvalue weighted by atomic mass is 9.93. The van der Waals surface area contributed by atoms with Gasteiger partial charge in [-0.1, -0.05) is 12.1 Å². The van der Waals surface area contributed by atoms with Crippen molar-refractivity contribution in [3.8, 4) is 5.75 Å². The summed E-state index contributed by atoms with van der Waals surface area (Å²) in [6, 6.07) is 12.4. The third-order valence-corrected chi connectivity index (χ3v) is 8.53. The second kappa shape index (κ2) is 10.9. The molecule has 3 aromatic carbocycles. The predicted octanol–water partition coefficient (Wildman–Crippen LogP) is 3.68. The summed E-state index contributed by atoms with van der Waals surface area (Å²) in [5, 5.41) is 16.9. The topological polar surface area (TPSA) is 143 Å². The monoisotopic (exact) mass is 606 g/mol.